The fraction of sp³-hybridized carbons (Fsp3) is 1.00. The molecule has 0 bridgehead atoms. The van der Waals surface area contributed by atoms with Crippen LogP contribution in [-0.4, -0.2) is 31.6 Å². The third-order valence-corrected chi connectivity index (χ3v) is 2.84. The molecule has 0 aliphatic rings. The van der Waals surface area contributed by atoms with Gasteiger partial charge >= 0.3 is 0 Å². The van der Waals surface area contributed by atoms with E-state index < -0.39 is 5.72 Å². The number of hydrogen-bond donors (Lipinski definition) is 0. The summed E-state index contributed by atoms with van der Waals surface area (Å²) in [6.45, 7) is 10.3. The summed E-state index contributed by atoms with van der Waals surface area (Å²) in [6, 6.07) is 0. The molecule has 0 radical (unpaired) electrons. The van der Waals surface area contributed by atoms with Crippen molar-refractivity contribution in [3.05, 3.63) is 0 Å². The molecule has 18 heavy (non-hydrogen) atoms. The van der Waals surface area contributed by atoms with Crippen LogP contribution in [0.4, 0.5) is 0 Å². The summed E-state index contributed by atoms with van der Waals surface area (Å²) < 4.78 is 11.0. The summed E-state index contributed by atoms with van der Waals surface area (Å²) in [5, 5.41) is 8.88. The minimum absolute atomic E-state index is 0.112. The third-order valence-electron chi connectivity index (χ3n) is 2.84. The van der Waals surface area contributed by atoms with Crippen LogP contribution in [0, 0.1) is 0 Å². The van der Waals surface area contributed by atoms with Crippen molar-refractivity contribution in [2.75, 3.05) is 14.2 Å². The molecule has 0 saturated heterocycles. The third kappa shape index (κ3) is 7.07. The molecule has 4 nitrogen and oxygen atoms in total. The molecule has 0 rings (SSSR count). The monoisotopic (exact) mass is 258 g/mol. The second-order valence-electron chi connectivity index (χ2n) is 5.88. The van der Waals surface area contributed by atoms with Gasteiger partial charge in [0, 0.05) is 20.6 Å². The zero-order chi connectivity index (χ0) is 14.2. The van der Waals surface area contributed by atoms with E-state index in [1.165, 1.54) is 0 Å². The van der Waals surface area contributed by atoms with Gasteiger partial charge in [-0.25, -0.2) is 0 Å². The van der Waals surface area contributed by atoms with E-state index in [0.717, 1.165) is 25.7 Å². The lowest BCUT2D eigenvalue weighted by Gasteiger charge is -2.30. The molecular formula is C14H30N2O2. The van der Waals surface area contributed by atoms with Gasteiger partial charge in [-0.2, -0.15) is 10.2 Å². The van der Waals surface area contributed by atoms with E-state index in [4.69, 9.17) is 9.47 Å². The molecule has 2 unspecified atom stereocenters. The van der Waals surface area contributed by atoms with Crippen LogP contribution in [0.25, 0.3) is 0 Å². The van der Waals surface area contributed by atoms with E-state index in [0.29, 0.717) is 0 Å². The predicted octanol–water partition coefficient (Wildman–Crippen LogP) is 4.20. The van der Waals surface area contributed by atoms with E-state index in [-0.39, 0.29) is 11.6 Å². The minimum Gasteiger partial charge on any atom is -0.382 e. The number of unbranched alkanes of at least 4 members (excludes halogenated alkanes) is 1. The van der Waals surface area contributed by atoms with Gasteiger partial charge in [0.05, 0.1) is 11.6 Å². The summed E-state index contributed by atoms with van der Waals surface area (Å²) in [5.41, 5.74) is -0.717. The molecule has 0 fully saturated rings. The largest absolute Gasteiger partial charge is 0.382 e. The summed E-state index contributed by atoms with van der Waals surface area (Å²) >= 11 is 0. The lowest BCUT2D eigenvalue weighted by atomic mass is 10.00. The van der Waals surface area contributed by atoms with Crippen molar-refractivity contribution < 1.29 is 9.47 Å². The Morgan fingerprint density at radius 1 is 1.11 bits per heavy atom. The topological polar surface area (TPSA) is 43.2 Å². The Labute approximate surface area is 112 Å². The highest BCUT2D eigenvalue weighted by Gasteiger charge is 2.32. The maximum Gasteiger partial charge on any atom is 0.180 e. The molecule has 2 atom stereocenters. The fourth-order valence-corrected chi connectivity index (χ4v) is 1.65. The highest BCUT2D eigenvalue weighted by Crippen LogP contribution is 2.28. The first-order valence-electron chi connectivity index (χ1n) is 6.80. The number of ether oxygens (including phenoxy) is 2. The van der Waals surface area contributed by atoms with E-state index in [2.05, 4.69) is 17.2 Å². The molecule has 0 heterocycles. The van der Waals surface area contributed by atoms with Crippen LogP contribution < -0.4 is 0 Å². The van der Waals surface area contributed by atoms with Crippen molar-refractivity contribution in [2.45, 2.75) is 77.7 Å². The first kappa shape index (κ1) is 17.5. The average molecular weight is 258 g/mol. The molecular weight excluding hydrogens is 228 g/mol. The van der Waals surface area contributed by atoms with Crippen molar-refractivity contribution in [2.24, 2.45) is 10.2 Å². The molecule has 0 spiro atoms. The van der Waals surface area contributed by atoms with Gasteiger partial charge < -0.3 is 9.47 Å². The lowest BCUT2D eigenvalue weighted by Crippen LogP contribution is -2.34. The standard InChI is InChI=1S/C14H30N2O2/c1-8-9-10-14(18-7,11-12(2)17-6)16-15-13(3,4)5/h12H,8-11H2,1-7H3/b16-15+. The van der Waals surface area contributed by atoms with Crippen LogP contribution in [0.15, 0.2) is 10.2 Å². The molecule has 0 aliphatic heterocycles. The molecule has 0 aromatic heterocycles. The van der Waals surface area contributed by atoms with Crippen molar-refractivity contribution in [1.82, 2.24) is 0 Å². The average Bonchev–Trinajstić information content (AvgIpc) is 2.31. The Morgan fingerprint density at radius 3 is 2.11 bits per heavy atom. The molecule has 0 aromatic rings. The van der Waals surface area contributed by atoms with E-state index in [1.54, 1.807) is 14.2 Å². The smallest absolute Gasteiger partial charge is 0.180 e. The van der Waals surface area contributed by atoms with Gasteiger partial charge in [-0.05, 0) is 40.5 Å². The van der Waals surface area contributed by atoms with Gasteiger partial charge in [-0.3, -0.25) is 0 Å². The quantitative estimate of drug-likeness (QED) is 0.612. The molecule has 0 N–H and O–H groups in total. The van der Waals surface area contributed by atoms with Gasteiger partial charge in [0.25, 0.3) is 0 Å². The van der Waals surface area contributed by atoms with Gasteiger partial charge in [-0.15, -0.1) is 0 Å². The van der Waals surface area contributed by atoms with Gasteiger partial charge in [-0.1, -0.05) is 13.3 Å². The first-order valence-corrected chi connectivity index (χ1v) is 6.80. The van der Waals surface area contributed by atoms with Crippen molar-refractivity contribution in [3.8, 4) is 0 Å². The Morgan fingerprint density at radius 2 is 1.72 bits per heavy atom. The summed E-state index contributed by atoms with van der Waals surface area (Å²) in [5.74, 6) is 0. The Bertz CT molecular complexity index is 249. The molecule has 0 amide bonds. The van der Waals surface area contributed by atoms with E-state index >= 15 is 0 Å². The predicted molar refractivity (Wildman–Crippen MR) is 75.0 cm³/mol. The highest BCUT2D eigenvalue weighted by molar-refractivity contribution is 4.81. The number of hydrogen-bond acceptors (Lipinski definition) is 4. The van der Waals surface area contributed by atoms with Gasteiger partial charge in [0.1, 0.15) is 0 Å². The van der Waals surface area contributed by atoms with Gasteiger partial charge in [0.2, 0.25) is 0 Å². The highest BCUT2D eigenvalue weighted by atomic mass is 16.5. The summed E-state index contributed by atoms with van der Waals surface area (Å²) in [7, 11) is 3.42. The van der Waals surface area contributed by atoms with Crippen molar-refractivity contribution >= 4 is 0 Å². The minimum atomic E-state index is -0.543. The van der Waals surface area contributed by atoms with Crippen molar-refractivity contribution in [1.29, 1.82) is 0 Å². The summed E-state index contributed by atoms with van der Waals surface area (Å²) in [4.78, 5) is 0. The van der Waals surface area contributed by atoms with Crippen molar-refractivity contribution in [3.63, 3.8) is 0 Å². The Balaban J connectivity index is 4.91. The molecule has 0 aliphatic carbocycles. The Kier molecular flexibility index (Phi) is 7.64. The van der Waals surface area contributed by atoms with Gasteiger partial charge in [0.15, 0.2) is 5.72 Å². The summed E-state index contributed by atoms with van der Waals surface area (Å²) in [6.07, 6.45) is 3.93. The Hall–Kier alpha value is -0.480. The van der Waals surface area contributed by atoms with Crippen LogP contribution >= 0.6 is 0 Å². The zero-order valence-electron chi connectivity index (χ0n) is 13.1. The first-order chi connectivity index (χ1) is 8.28. The SMILES string of the molecule is CCCCC(CC(C)OC)(/N=N/C(C)(C)C)OC. The number of methoxy groups -OCH3 is 2. The van der Waals surface area contributed by atoms with Crippen LogP contribution in [0.3, 0.4) is 0 Å². The lowest BCUT2D eigenvalue weighted by molar-refractivity contribution is -0.0587. The number of rotatable bonds is 8. The van der Waals surface area contributed by atoms with E-state index in [1.807, 2.05) is 27.7 Å². The van der Waals surface area contributed by atoms with Crippen LogP contribution in [0.2, 0.25) is 0 Å². The maximum absolute atomic E-state index is 5.67. The molecule has 0 aromatic carbocycles. The fourth-order valence-electron chi connectivity index (χ4n) is 1.65. The molecule has 108 valence electrons. The number of azo groups is 1. The van der Waals surface area contributed by atoms with Crippen LogP contribution in [-0.2, 0) is 9.47 Å². The van der Waals surface area contributed by atoms with Crippen LogP contribution in [0.1, 0.15) is 60.3 Å². The normalized spacial score (nSPS) is 17.9. The second kappa shape index (κ2) is 7.85. The van der Waals surface area contributed by atoms with E-state index in [9.17, 15) is 0 Å². The molecule has 0 saturated carbocycles. The zero-order valence-corrected chi connectivity index (χ0v) is 13.1. The molecule has 4 heteroatoms. The van der Waals surface area contributed by atoms with Crippen LogP contribution in [0.5, 0.6) is 0 Å². The number of nitrogens with zero attached hydrogens (tertiary/aromatic N) is 2. The maximum atomic E-state index is 5.67. The second-order valence-corrected chi connectivity index (χ2v) is 5.88.